The maximum absolute atomic E-state index is 12.0. The molecule has 0 bridgehead atoms. The van der Waals surface area contributed by atoms with E-state index in [1.165, 1.54) is 25.3 Å². The molecule has 0 radical (unpaired) electrons. The molecule has 0 spiro atoms. The lowest BCUT2D eigenvalue weighted by molar-refractivity contribution is -0.121. The number of aromatic hydroxyl groups is 1. The minimum Gasteiger partial charge on any atom is -0.504 e. The third kappa shape index (κ3) is 5.01. The van der Waals surface area contributed by atoms with Gasteiger partial charge in [-0.25, -0.2) is 0 Å². The fourth-order valence-electron chi connectivity index (χ4n) is 2.64. The fraction of sp³-hybridized carbons (Fsp3) is 0.182. The van der Waals surface area contributed by atoms with Crippen LogP contribution < -0.4 is 14.2 Å². The van der Waals surface area contributed by atoms with Gasteiger partial charge in [-0.3, -0.25) is 9.59 Å². The topological polar surface area (TPSA) is 82.1 Å². The maximum atomic E-state index is 12.0. The maximum Gasteiger partial charge on any atom is 0.163 e. The van der Waals surface area contributed by atoms with Gasteiger partial charge in [0, 0.05) is 0 Å². The summed E-state index contributed by atoms with van der Waals surface area (Å²) >= 11 is 0. The smallest absolute Gasteiger partial charge is 0.163 e. The Labute approximate surface area is 162 Å². The molecule has 144 valence electrons. The van der Waals surface area contributed by atoms with E-state index in [-0.39, 0.29) is 23.7 Å². The number of fused-ring (bicyclic) bond motifs is 1. The first kappa shape index (κ1) is 19.2. The van der Waals surface area contributed by atoms with Gasteiger partial charge in [-0.2, -0.15) is 0 Å². The summed E-state index contributed by atoms with van der Waals surface area (Å²) < 4.78 is 15.9. The molecule has 2 aromatic carbocycles. The van der Waals surface area contributed by atoms with Gasteiger partial charge in [0.25, 0.3) is 0 Å². The number of ether oxygens (including phenoxy) is 3. The average Bonchev–Trinajstić information content (AvgIpc) is 2.70. The molecule has 0 amide bonds. The number of phenolic OH excluding ortho intramolecular Hbond substituents is 1. The number of ketones is 2. The first-order chi connectivity index (χ1) is 13.5. The van der Waals surface area contributed by atoms with Crippen molar-refractivity contribution in [3.63, 3.8) is 0 Å². The zero-order valence-corrected chi connectivity index (χ0v) is 15.4. The zero-order chi connectivity index (χ0) is 19.9. The SMILES string of the molecule is COc1ccc(C=CC(=O)CC(=O)C=Cc2ccc3c(c2)OCCO3)cc1O. The fourth-order valence-corrected chi connectivity index (χ4v) is 2.64. The molecule has 28 heavy (non-hydrogen) atoms. The summed E-state index contributed by atoms with van der Waals surface area (Å²) in [5.74, 6) is 1.02. The molecule has 0 atom stereocenters. The number of hydrogen-bond acceptors (Lipinski definition) is 6. The second kappa shape index (κ2) is 8.90. The number of carbonyl (C=O) groups excluding carboxylic acids is 2. The lowest BCUT2D eigenvalue weighted by Crippen LogP contribution is -2.15. The molecular weight excluding hydrogens is 360 g/mol. The number of rotatable bonds is 7. The predicted octanol–water partition coefficient (Wildman–Crippen LogP) is 3.43. The molecule has 3 rings (SSSR count). The molecule has 1 N–H and O–H groups in total. The van der Waals surface area contributed by atoms with Crippen LogP contribution >= 0.6 is 0 Å². The van der Waals surface area contributed by atoms with Crippen LogP contribution in [0.5, 0.6) is 23.0 Å². The second-order valence-corrected chi connectivity index (χ2v) is 6.11. The van der Waals surface area contributed by atoms with E-state index in [1.807, 2.05) is 6.07 Å². The van der Waals surface area contributed by atoms with E-state index < -0.39 is 0 Å². The lowest BCUT2D eigenvalue weighted by atomic mass is 10.1. The Kier molecular flexibility index (Phi) is 6.11. The van der Waals surface area contributed by atoms with Gasteiger partial charge in [0.2, 0.25) is 0 Å². The van der Waals surface area contributed by atoms with Gasteiger partial charge in [-0.15, -0.1) is 0 Å². The van der Waals surface area contributed by atoms with Crippen molar-refractivity contribution in [2.45, 2.75) is 6.42 Å². The highest BCUT2D eigenvalue weighted by molar-refractivity contribution is 6.10. The normalized spacial score (nSPS) is 13.0. The van der Waals surface area contributed by atoms with E-state index in [0.29, 0.717) is 36.0 Å². The summed E-state index contributed by atoms with van der Waals surface area (Å²) in [5.41, 5.74) is 1.42. The molecule has 0 aromatic heterocycles. The third-order valence-corrected chi connectivity index (χ3v) is 4.04. The Morgan fingerprint density at radius 2 is 1.57 bits per heavy atom. The number of hydrogen-bond donors (Lipinski definition) is 1. The molecule has 1 aliphatic rings. The zero-order valence-electron chi connectivity index (χ0n) is 15.4. The molecule has 0 fully saturated rings. The van der Waals surface area contributed by atoms with E-state index in [1.54, 1.807) is 36.4 Å². The minimum atomic E-state index is -0.327. The van der Waals surface area contributed by atoms with Crippen molar-refractivity contribution in [3.8, 4) is 23.0 Å². The van der Waals surface area contributed by atoms with Gasteiger partial charge < -0.3 is 19.3 Å². The standard InChI is InChI=1S/C22H20O6/c1-26-20-8-4-15(12-19(20)25)2-6-17(23)14-18(24)7-3-16-5-9-21-22(13-16)28-11-10-27-21/h2-9,12-13,25H,10-11,14H2,1H3. The average molecular weight is 380 g/mol. The van der Waals surface area contributed by atoms with Crippen LogP contribution in [0.2, 0.25) is 0 Å². The number of benzene rings is 2. The molecule has 0 aliphatic carbocycles. The number of methoxy groups -OCH3 is 1. The number of phenols is 1. The van der Waals surface area contributed by atoms with Gasteiger partial charge in [-0.05, 0) is 47.5 Å². The van der Waals surface area contributed by atoms with E-state index in [2.05, 4.69) is 0 Å². The number of allylic oxidation sites excluding steroid dienone is 2. The van der Waals surface area contributed by atoms with Crippen molar-refractivity contribution >= 4 is 23.7 Å². The van der Waals surface area contributed by atoms with Crippen molar-refractivity contribution in [2.75, 3.05) is 20.3 Å². The molecule has 0 unspecified atom stereocenters. The van der Waals surface area contributed by atoms with E-state index in [4.69, 9.17) is 14.2 Å². The van der Waals surface area contributed by atoms with E-state index in [0.717, 1.165) is 5.56 Å². The summed E-state index contributed by atoms with van der Waals surface area (Å²) in [6.45, 7) is 1.01. The quantitative estimate of drug-likeness (QED) is 0.585. The van der Waals surface area contributed by atoms with Crippen molar-refractivity contribution in [2.24, 2.45) is 0 Å². The van der Waals surface area contributed by atoms with Crippen LogP contribution in [0, 0.1) is 0 Å². The summed E-state index contributed by atoms with van der Waals surface area (Å²) in [5, 5.41) is 9.73. The predicted molar refractivity (Wildman–Crippen MR) is 105 cm³/mol. The Hall–Kier alpha value is -3.54. The molecule has 1 aliphatic heterocycles. The van der Waals surface area contributed by atoms with Crippen LogP contribution in [0.25, 0.3) is 12.2 Å². The van der Waals surface area contributed by atoms with Crippen LogP contribution in [0.3, 0.4) is 0 Å². The van der Waals surface area contributed by atoms with Crippen LogP contribution in [0.4, 0.5) is 0 Å². The van der Waals surface area contributed by atoms with Crippen LogP contribution in [-0.2, 0) is 9.59 Å². The molecule has 0 saturated carbocycles. The molecular formula is C22H20O6. The van der Waals surface area contributed by atoms with Gasteiger partial charge >= 0.3 is 0 Å². The van der Waals surface area contributed by atoms with Crippen molar-refractivity contribution < 1.29 is 28.9 Å². The Balaban J connectivity index is 1.56. The summed E-state index contributed by atoms with van der Waals surface area (Å²) in [7, 11) is 1.46. The Bertz CT molecular complexity index is 942. The van der Waals surface area contributed by atoms with Crippen LogP contribution in [0.1, 0.15) is 17.5 Å². The monoisotopic (exact) mass is 380 g/mol. The molecule has 2 aromatic rings. The Morgan fingerprint density at radius 1 is 0.964 bits per heavy atom. The number of carbonyl (C=O) groups is 2. The van der Waals surface area contributed by atoms with Gasteiger partial charge in [-0.1, -0.05) is 24.3 Å². The van der Waals surface area contributed by atoms with Gasteiger partial charge in [0.05, 0.1) is 13.5 Å². The highest BCUT2D eigenvalue weighted by atomic mass is 16.6. The highest BCUT2D eigenvalue weighted by Gasteiger charge is 2.11. The van der Waals surface area contributed by atoms with Crippen molar-refractivity contribution in [1.82, 2.24) is 0 Å². The molecule has 6 nitrogen and oxygen atoms in total. The summed E-state index contributed by atoms with van der Waals surface area (Å²) in [4.78, 5) is 24.0. The van der Waals surface area contributed by atoms with Crippen LogP contribution in [0.15, 0.2) is 48.6 Å². The summed E-state index contributed by atoms with van der Waals surface area (Å²) in [6.07, 6.45) is 5.63. The molecule has 1 heterocycles. The van der Waals surface area contributed by atoms with Gasteiger partial charge in [0.1, 0.15) is 13.2 Å². The highest BCUT2D eigenvalue weighted by Crippen LogP contribution is 2.31. The first-order valence-electron chi connectivity index (χ1n) is 8.73. The van der Waals surface area contributed by atoms with E-state index in [9.17, 15) is 14.7 Å². The second-order valence-electron chi connectivity index (χ2n) is 6.11. The van der Waals surface area contributed by atoms with Crippen molar-refractivity contribution in [1.29, 1.82) is 0 Å². The molecule has 6 heteroatoms. The van der Waals surface area contributed by atoms with E-state index >= 15 is 0 Å². The Morgan fingerprint density at radius 3 is 2.21 bits per heavy atom. The largest absolute Gasteiger partial charge is 0.504 e. The van der Waals surface area contributed by atoms with Crippen molar-refractivity contribution in [3.05, 3.63) is 59.7 Å². The van der Waals surface area contributed by atoms with Gasteiger partial charge in [0.15, 0.2) is 34.6 Å². The summed E-state index contributed by atoms with van der Waals surface area (Å²) in [6, 6.07) is 10.2. The first-order valence-corrected chi connectivity index (χ1v) is 8.73. The minimum absolute atomic E-state index is 0.0180. The third-order valence-electron chi connectivity index (χ3n) is 4.04. The lowest BCUT2D eigenvalue weighted by Gasteiger charge is -2.18. The molecule has 0 saturated heterocycles. The van der Waals surface area contributed by atoms with Crippen LogP contribution in [-0.4, -0.2) is 37.0 Å².